The van der Waals surface area contributed by atoms with Crippen LogP contribution in [-0.4, -0.2) is 27.3 Å². The number of benzene rings is 1. The van der Waals surface area contributed by atoms with E-state index in [2.05, 4.69) is 22.2 Å². The maximum atomic E-state index is 13.0. The lowest BCUT2D eigenvalue weighted by Gasteiger charge is -2.03. The fourth-order valence-corrected chi connectivity index (χ4v) is 3.66. The zero-order valence-electron chi connectivity index (χ0n) is 14.0. The summed E-state index contributed by atoms with van der Waals surface area (Å²) >= 11 is 1.54. The molecule has 1 saturated carbocycles. The number of hydrogen-bond donors (Lipinski definition) is 0. The van der Waals surface area contributed by atoms with Crippen molar-refractivity contribution in [2.45, 2.75) is 25.7 Å². The number of ether oxygens (including phenoxy) is 1. The Kier molecular flexibility index (Phi) is 4.36. The minimum atomic E-state index is -0.0400. The summed E-state index contributed by atoms with van der Waals surface area (Å²) in [4.78, 5) is 18.4. The summed E-state index contributed by atoms with van der Waals surface area (Å²) < 4.78 is 6.98. The lowest BCUT2D eigenvalue weighted by molar-refractivity contribution is 0.0867. The van der Waals surface area contributed by atoms with Crippen LogP contribution in [0.15, 0.2) is 47.8 Å². The van der Waals surface area contributed by atoms with Crippen LogP contribution in [0.25, 0.3) is 10.7 Å². The number of aromatic nitrogens is 3. The molecule has 3 aromatic rings. The number of carbonyl (C=O) groups excluding carboxylic acids is 1. The Morgan fingerprint density at radius 2 is 2.12 bits per heavy atom. The zero-order chi connectivity index (χ0) is 17.2. The molecule has 0 N–H and O–H groups in total. The van der Waals surface area contributed by atoms with Gasteiger partial charge in [-0.15, -0.1) is 16.4 Å². The van der Waals surface area contributed by atoms with Crippen molar-refractivity contribution >= 4 is 17.2 Å². The Morgan fingerprint density at radius 1 is 1.28 bits per heavy atom. The highest BCUT2D eigenvalue weighted by molar-refractivity contribution is 7.13. The van der Waals surface area contributed by atoms with Gasteiger partial charge >= 0.3 is 6.01 Å². The van der Waals surface area contributed by atoms with E-state index in [1.807, 2.05) is 42.6 Å². The van der Waals surface area contributed by atoms with Crippen molar-refractivity contribution in [3.8, 4) is 16.7 Å². The average Bonchev–Trinajstić information content (AvgIpc) is 3.06. The predicted molar refractivity (Wildman–Crippen MR) is 97.0 cm³/mol. The van der Waals surface area contributed by atoms with Gasteiger partial charge in [0.15, 0.2) is 5.82 Å². The van der Waals surface area contributed by atoms with Crippen LogP contribution in [0, 0.1) is 5.92 Å². The normalized spacial score (nSPS) is 18.9. The summed E-state index contributed by atoms with van der Waals surface area (Å²) in [5.74, 6) is 0.803. The molecule has 5 nitrogen and oxygen atoms in total. The first-order valence-corrected chi connectivity index (χ1v) is 9.38. The Morgan fingerprint density at radius 3 is 2.84 bits per heavy atom. The van der Waals surface area contributed by atoms with Crippen molar-refractivity contribution in [1.29, 1.82) is 0 Å². The smallest absolute Gasteiger partial charge is 0.336 e. The van der Waals surface area contributed by atoms with Gasteiger partial charge in [0, 0.05) is 5.92 Å². The van der Waals surface area contributed by atoms with E-state index >= 15 is 0 Å². The van der Waals surface area contributed by atoms with Gasteiger partial charge in [0.05, 0.1) is 11.5 Å². The van der Waals surface area contributed by atoms with Crippen LogP contribution in [0.3, 0.4) is 0 Å². The predicted octanol–water partition coefficient (Wildman–Crippen LogP) is 4.24. The van der Waals surface area contributed by atoms with Gasteiger partial charge in [-0.05, 0) is 35.8 Å². The standard InChI is InChI=1S/C19H19N3O2S/c1-2-10-24-19-20-17(16-9-6-11-25-16)22(21-19)18(23)15-12-14(15)13-7-4-3-5-8-13/h3-9,11,14-15H,2,10,12H2,1H3. The molecule has 0 radical (unpaired) electrons. The summed E-state index contributed by atoms with van der Waals surface area (Å²) in [6.45, 7) is 2.56. The maximum Gasteiger partial charge on any atom is 0.336 e. The Labute approximate surface area is 150 Å². The second kappa shape index (κ2) is 6.80. The molecule has 0 bridgehead atoms. The quantitative estimate of drug-likeness (QED) is 0.665. The molecule has 2 aromatic heterocycles. The first kappa shape index (κ1) is 16.0. The third-order valence-corrected chi connectivity index (χ3v) is 5.17. The van der Waals surface area contributed by atoms with Crippen LogP contribution >= 0.6 is 11.3 Å². The second-order valence-electron chi connectivity index (χ2n) is 6.15. The van der Waals surface area contributed by atoms with Gasteiger partial charge in [0.2, 0.25) is 0 Å². The average molecular weight is 353 g/mol. The highest BCUT2D eigenvalue weighted by Crippen LogP contribution is 2.48. The van der Waals surface area contributed by atoms with Crippen LogP contribution in [0.4, 0.5) is 0 Å². The third-order valence-electron chi connectivity index (χ3n) is 4.31. The first-order chi connectivity index (χ1) is 12.3. The van der Waals surface area contributed by atoms with Gasteiger partial charge in [-0.1, -0.05) is 43.3 Å². The Hall–Kier alpha value is -2.47. The Balaban J connectivity index is 1.61. The Bertz CT molecular complexity index is 858. The van der Waals surface area contributed by atoms with Crippen molar-refractivity contribution in [3.63, 3.8) is 0 Å². The minimum absolute atomic E-state index is 0.00361. The van der Waals surface area contributed by atoms with Gasteiger partial charge in [-0.2, -0.15) is 9.67 Å². The molecule has 1 aliphatic rings. The van der Waals surface area contributed by atoms with E-state index in [9.17, 15) is 4.79 Å². The molecule has 1 aromatic carbocycles. The molecule has 0 amide bonds. The highest BCUT2D eigenvalue weighted by atomic mass is 32.1. The molecular formula is C19H19N3O2S. The van der Waals surface area contributed by atoms with Gasteiger partial charge in [-0.3, -0.25) is 4.79 Å². The number of thiophene rings is 1. The summed E-state index contributed by atoms with van der Waals surface area (Å²) in [6.07, 6.45) is 1.73. The molecule has 4 rings (SSSR count). The third kappa shape index (κ3) is 3.22. The lowest BCUT2D eigenvalue weighted by atomic mass is 10.1. The molecule has 128 valence electrons. The number of rotatable bonds is 6. The van der Waals surface area contributed by atoms with Crippen molar-refractivity contribution in [3.05, 3.63) is 53.4 Å². The summed E-state index contributed by atoms with van der Waals surface area (Å²) in [7, 11) is 0. The molecule has 2 unspecified atom stereocenters. The number of hydrogen-bond acceptors (Lipinski definition) is 5. The van der Waals surface area contributed by atoms with E-state index in [4.69, 9.17) is 4.74 Å². The maximum absolute atomic E-state index is 13.0. The fourth-order valence-electron chi connectivity index (χ4n) is 2.96. The molecule has 6 heteroatoms. The summed E-state index contributed by atoms with van der Waals surface area (Å²) in [6, 6.07) is 14.3. The van der Waals surface area contributed by atoms with Gasteiger partial charge in [0.25, 0.3) is 5.91 Å². The molecule has 0 aliphatic heterocycles. The minimum Gasteiger partial charge on any atom is -0.462 e. The summed E-state index contributed by atoms with van der Waals surface area (Å²) in [5, 5.41) is 6.30. The van der Waals surface area contributed by atoms with Crippen molar-refractivity contribution < 1.29 is 9.53 Å². The molecular weight excluding hydrogens is 334 g/mol. The molecule has 0 spiro atoms. The molecule has 1 aliphatic carbocycles. The monoisotopic (exact) mass is 353 g/mol. The number of carbonyl (C=O) groups is 1. The van der Waals surface area contributed by atoms with E-state index in [1.54, 1.807) is 11.3 Å². The topological polar surface area (TPSA) is 57.0 Å². The largest absolute Gasteiger partial charge is 0.462 e. The first-order valence-electron chi connectivity index (χ1n) is 8.51. The van der Waals surface area contributed by atoms with E-state index in [0.29, 0.717) is 12.4 Å². The molecule has 0 saturated heterocycles. The zero-order valence-corrected chi connectivity index (χ0v) is 14.8. The highest BCUT2D eigenvalue weighted by Gasteiger charge is 2.45. The second-order valence-corrected chi connectivity index (χ2v) is 7.10. The summed E-state index contributed by atoms with van der Waals surface area (Å²) in [5.41, 5.74) is 1.21. The molecule has 25 heavy (non-hydrogen) atoms. The van der Waals surface area contributed by atoms with Crippen LogP contribution < -0.4 is 4.74 Å². The van der Waals surface area contributed by atoms with E-state index in [-0.39, 0.29) is 23.8 Å². The van der Waals surface area contributed by atoms with Crippen LogP contribution in [0.1, 0.15) is 36.0 Å². The van der Waals surface area contributed by atoms with Gasteiger partial charge in [-0.25, -0.2) is 0 Å². The molecule has 2 heterocycles. The van der Waals surface area contributed by atoms with E-state index in [0.717, 1.165) is 17.7 Å². The van der Waals surface area contributed by atoms with Crippen molar-refractivity contribution in [2.75, 3.05) is 6.61 Å². The van der Waals surface area contributed by atoms with Crippen LogP contribution in [0.2, 0.25) is 0 Å². The van der Waals surface area contributed by atoms with E-state index in [1.165, 1.54) is 10.2 Å². The van der Waals surface area contributed by atoms with Crippen LogP contribution in [0.5, 0.6) is 6.01 Å². The molecule has 2 atom stereocenters. The lowest BCUT2D eigenvalue weighted by Crippen LogP contribution is -2.16. The van der Waals surface area contributed by atoms with Crippen molar-refractivity contribution in [1.82, 2.24) is 14.8 Å². The number of nitrogens with zero attached hydrogens (tertiary/aromatic N) is 3. The fraction of sp³-hybridized carbons (Fsp3) is 0.316. The van der Waals surface area contributed by atoms with Crippen LogP contribution in [-0.2, 0) is 0 Å². The van der Waals surface area contributed by atoms with E-state index < -0.39 is 0 Å². The van der Waals surface area contributed by atoms with Gasteiger partial charge < -0.3 is 4.74 Å². The van der Waals surface area contributed by atoms with Crippen molar-refractivity contribution in [2.24, 2.45) is 5.92 Å². The molecule has 1 fully saturated rings. The van der Waals surface area contributed by atoms with Gasteiger partial charge in [0.1, 0.15) is 0 Å². The SMILES string of the molecule is CCCOc1nc(-c2cccs2)n(C(=O)C2CC2c2ccccc2)n1.